The third kappa shape index (κ3) is 2.57. The molecule has 0 fully saturated rings. The smallest absolute Gasteiger partial charge is 0.408 e. The normalized spacial score (nSPS) is 10.4. The highest BCUT2D eigenvalue weighted by atomic mass is 16.4. The molecule has 0 unspecified atom stereocenters. The van der Waals surface area contributed by atoms with Crippen LogP contribution in [0.5, 0.6) is 0 Å². The van der Waals surface area contributed by atoms with Gasteiger partial charge in [-0.3, -0.25) is 14.6 Å². The molecule has 0 saturated heterocycles. The average Bonchev–Trinajstić information content (AvgIpc) is 2.68. The highest BCUT2D eigenvalue weighted by Crippen LogP contribution is 2.12. The lowest BCUT2D eigenvalue weighted by Crippen LogP contribution is -2.37. The standard InChI is InChI=1S/C11H11N3O4/c12-9(15)10(16)13-4-3-6-1-2-7-8(5-6)18-11(17)14-7/h1-2,5H,3-4H2,(H2,12,15)(H,13,16)(H,14,17). The number of benzene rings is 1. The Labute approximate surface area is 101 Å². The molecule has 0 aliphatic rings. The zero-order chi connectivity index (χ0) is 13.1. The summed E-state index contributed by atoms with van der Waals surface area (Å²) in [5, 5.41) is 2.37. The predicted octanol–water partition coefficient (Wildman–Crippen LogP) is -0.735. The van der Waals surface area contributed by atoms with Gasteiger partial charge in [0.1, 0.15) is 0 Å². The molecule has 94 valence electrons. The fraction of sp³-hybridized carbons (Fsp3) is 0.182. The summed E-state index contributed by atoms with van der Waals surface area (Å²) in [5.74, 6) is -2.34. The molecule has 4 N–H and O–H groups in total. The first-order valence-electron chi connectivity index (χ1n) is 5.25. The van der Waals surface area contributed by atoms with Gasteiger partial charge in [0.05, 0.1) is 5.52 Å². The Morgan fingerprint density at radius 1 is 1.39 bits per heavy atom. The van der Waals surface area contributed by atoms with Crippen molar-refractivity contribution >= 4 is 22.9 Å². The number of fused-ring (bicyclic) bond motifs is 1. The fourth-order valence-corrected chi connectivity index (χ4v) is 1.55. The van der Waals surface area contributed by atoms with Crippen LogP contribution >= 0.6 is 0 Å². The van der Waals surface area contributed by atoms with Gasteiger partial charge in [0, 0.05) is 6.54 Å². The highest BCUT2D eigenvalue weighted by Gasteiger charge is 2.07. The number of primary amides is 1. The van der Waals surface area contributed by atoms with Crippen LogP contribution < -0.4 is 16.8 Å². The quantitative estimate of drug-likeness (QED) is 0.621. The van der Waals surface area contributed by atoms with E-state index in [-0.39, 0.29) is 6.54 Å². The first-order valence-corrected chi connectivity index (χ1v) is 5.25. The number of carbonyl (C=O) groups excluding carboxylic acids is 2. The molecule has 0 radical (unpaired) electrons. The number of rotatable bonds is 3. The topological polar surface area (TPSA) is 118 Å². The van der Waals surface area contributed by atoms with Crippen LogP contribution in [0.3, 0.4) is 0 Å². The van der Waals surface area contributed by atoms with Crippen LogP contribution in [0, 0.1) is 0 Å². The summed E-state index contributed by atoms with van der Waals surface area (Å²) >= 11 is 0. The van der Waals surface area contributed by atoms with Crippen LogP contribution in [0.4, 0.5) is 0 Å². The molecule has 1 aromatic heterocycles. The number of aromatic nitrogens is 1. The van der Waals surface area contributed by atoms with Gasteiger partial charge in [-0.05, 0) is 24.1 Å². The third-order valence-electron chi connectivity index (χ3n) is 2.41. The van der Waals surface area contributed by atoms with Gasteiger partial charge >= 0.3 is 17.6 Å². The van der Waals surface area contributed by atoms with Gasteiger partial charge in [-0.2, -0.15) is 0 Å². The molecule has 18 heavy (non-hydrogen) atoms. The van der Waals surface area contributed by atoms with Gasteiger partial charge < -0.3 is 15.5 Å². The third-order valence-corrected chi connectivity index (χ3v) is 2.41. The van der Waals surface area contributed by atoms with E-state index in [0.29, 0.717) is 17.5 Å². The first-order chi connectivity index (χ1) is 8.56. The summed E-state index contributed by atoms with van der Waals surface area (Å²) in [6, 6.07) is 5.21. The molecule has 0 saturated carbocycles. The first kappa shape index (κ1) is 11.9. The van der Waals surface area contributed by atoms with Crippen LogP contribution in [-0.4, -0.2) is 23.3 Å². The second-order valence-corrected chi connectivity index (χ2v) is 3.72. The van der Waals surface area contributed by atoms with Gasteiger partial charge in [-0.1, -0.05) is 6.07 Å². The number of aromatic amines is 1. The molecule has 0 bridgehead atoms. The maximum Gasteiger partial charge on any atom is 0.417 e. The van der Waals surface area contributed by atoms with Crippen LogP contribution in [0.15, 0.2) is 27.4 Å². The van der Waals surface area contributed by atoms with E-state index in [1.165, 1.54) is 0 Å². The Bertz CT molecular complexity index is 656. The molecule has 1 heterocycles. The Kier molecular flexibility index (Phi) is 3.13. The number of nitrogens with one attached hydrogen (secondary N) is 2. The zero-order valence-corrected chi connectivity index (χ0v) is 9.36. The van der Waals surface area contributed by atoms with Gasteiger partial charge in [0.15, 0.2) is 5.58 Å². The fourth-order valence-electron chi connectivity index (χ4n) is 1.55. The molecular formula is C11H11N3O4. The molecule has 7 heteroatoms. The second kappa shape index (κ2) is 4.74. The van der Waals surface area contributed by atoms with Gasteiger partial charge in [-0.25, -0.2) is 4.79 Å². The number of H-pyrrole nitrogens is 1. The van der Waals surface area contributed by atoms with E-state index in [1.807, 2.05) is 0 Å². The lowest BCUT2D eigenvalue weighted by atomic mass is 10.1. The zero-order valence-electron chi connectivity index (χ0n) is 9.36. The van der Waals surface area contributed by atoms with E-state index < -0.39 is 17.6 Å². The van der Waals surface area contributed by atoms with Crippen molar-refractivity contribution < 1.29 is 14.0 Å². The van der Waals surface area contributed by atoms with Crippen molar-refractivity contribution in [2.45, 2.75) is 6.42 Å². The number of hydrogen-bond donors (Lipinski definition) is 3. The van der Waals surface area contributed by atoms with E-state index in [2.05, 4.69) is 10.3 Å². The predicted molar refractivity (Wildman–Crippen MR) is 62.7 cm³/mol. The maximum absolute atomic E-state index is 10.9. The molecule has 0 spiro atoms. The molecular weight excluding hydrogens is 238 g/mol. The lowest BCUT2D eigenvalue weighted by molar-refractivity contribution is -0.137. The molecule has 0 aliphatic heterocycles. The Morgan fingerprint density at radius 3 is 2.89 bits per heavy atom. The summed E-state index contributed by atoms with van der Waals surface area (Å²) < 4.78 is 4.90. The maximum atomic E-state index is 10.9. The minimum atomic E-state index is -1.01. The van der Waals surface area contributed by atoms with E-state index in [1.54, 1.807) is 18.2 Å². The molecule has 0 atom stereocenters. The number of nitrogens with two attached hydrogens (primary N) is 1. The van der Waals surface area contributed by atoms with Crippen molar-refractivity contribution in [3.05, 3.63) is 34.3 Å². The summed E-state index contributed by atoms with van der Waals surface area (Å²) in [5.41, 5.74) is 6.73. The Balaban J connectivity index is 2.01. The van der Waals surface area contributed by atoms with Crippen LogP contribution in [0.25, 0.3) is 11.1 Å². The van der Waals surface area contributed by atoms with Gasteiger partial charge in [-0.15, -0.1) is 0 Å². The highest BCUT2D eigenvalue weighted by molar-refractivity contribution is 6.34. The minimum Gasteiger partial charge on any atom is -0.408 e. The van der Waals surface area contributed by atoms with Crippen molar-refractivity contribution in [3.63, 3.8) is 0 Å². The summed E-state index contributed by atoms with van der Waals surface area (Å²) in [6.07, 6.45) is 0.504. The Hall–Kier alpha value is -2.57. The molecule has 0 aliphatic carbocycles. The van der Waals surface area contributed by atoms with E-state index in [9.17, 15) is 14.4 Å². The number of hydrogen-bond acceptors (Lipinski definition) is 4. The van der Waals surface area contributed by atoms with Crippen LogP contribution in [0.2, 0.25) is 0 Å². The molecule has 2 aromatic rings. The van der Waals surface area contributed by atoms with Crippen molar-refractivity contribution in [2.75, 3.05) is 6.54 Å². The van der Waals surface area contributed by atoms with Crippen molar-refractivity contribution in [3.8, 4) is 0 Å². The molecule has 1 aromatic carbocycles. The summed E-state index contributed by atoms with van der Waals surface area (Å²) in [7, 11) is 0. The second-order valence-electron chi connectivity index (χ2n) is 3.72. The summed E-state index contributed by atoms with van der Waals surface area (Å²) in [6.45, 7) is 0.280. The number of oxazole rings is 1. The van der Waals surface area contributed by atoms with Crippen molar-refractivity contribution in [2.24, 2.45) is 5.73 Å². The van der Waals surface area contributed by atoms with E-state index in [4.69, 9.17) is 10.2 Å². The summed E-state index contributed by atoms with van der Waals surface area (Å²) in [4.78, 5) is 34.8. The molecule has 2 rings (SSSR count). The van der Waals surface area contributed by atoms with Crippen molar-refractivity contribution in [1.29, 1.82) is 0 Å². The Morgan fingerprint density at radius 2 is 2.17 bits per heavy atom. The van der Waals surface area contributed by atoms with Gasteiger partial charge in [0.2, 0.25) is 0 Å². The van der Waals surface area contributed by atoms with E-state index in [0.717, 1.165) is 5.56 Å². The lowest BCUT2D eigenvalue weighted by Gasteiger charge is -2.02. The van der Waals surface area contributed by atoms with E-state index >= 15 is 0 Å². The molecule has 2 amide bonds. The number of amides is 2. The minimum absolute atomic E-state index is 0.280. The largest absolute Gasteiger partial charge is 0.417 e. The SMILES string of the molecule is NC(=O)C(=O)NCCc1ccc2[nH]c(=O)oc2c1. The van der Waals surface area contributed by atoms with Gasteiger partial charge in [0.25, 0.3) is 0 Å². The monoisotopic (exact) mass is 249 g/mol. The average molecular weight is 249 g/mol. The van der Waals surface area contributed by atoms with Crippen molar-refractivity contribution in [1.82, 2.24) is 10.3 Å². The van der Waals surface area contributed by atoms with Crippen LogP contribution in [0.1, 0.15) is 5.56 Å². The molecule has 7 nitrogen and oxygen atoms in total. The van der Waals surface area contributed by atoms with Crippen LogP contribution in [-0.2, 0) is 16.0 Å². The number of carbonyl (C=O) groups is 2.